The minimum atomic E-state index is 0.396. The summed E-state index contributed by atoms with van der Waals surface area (Å²) in [6.07, 6.45) is 4.20. The van der Waals surface area contributed by atoms with Crippen molar-refractivity contribution in [1.82, 2.24) is 9.38 Å². The second-order valence-electron chi connectivity index (χ2n) is 3.66. The Morgan fingerprint density at radius 2 is 2.33 bits per heavy atom. The lowest BCUT2D eigenvalue weighted by Gasteiger charge is -1.99. The zero-order valence-electron chi connectivity index (χ0n) is 9.03. The second-order valence-corrected chi connectivity index (χ2v) is 3.66. The highest BCUT2D eigenvalue weighted by Gasteiger charge is 2.08. The minimum absolute atomic E-state index is 0.396. The number of aldehydes is 1. The summed E-state index contributed by atoms with van der Waals surface area (Å²) < 4.78 is 2.06. The molecule has 0 aliphatic rings. The highest BCUT2D eigenvalue weighted by atomic mass is 16.1. The Kier molecular flexibility index (Phi) is 2.54. The molecular formula is C12H14N2O. The fraction of sp³-hybridized carbons (Fsp3) is 0.333. The van der Waals surface area contributed by atoms with Crippen molar-refractivity contribution in [2.75, 3.05) is 0 Å². The van der Waals surface area contributed by atoms with Gasteiger partial charge in [0.25, 0.3) is 0 Å². The number of pyridine rings is 1. The van der Waals surface area contributed by atoms with Crippen LogP contribution in [0.3, 0.4) is 0 Å². The Balaban J connectivity index is 2.69. The standard InChI is InChI=1S/C12H14N2O/c1-3-12-13-10(5-7-15)11-8-9(2)4-6-14(11)12/h4,6-8H,3,5H2,1-2H3. The van der Waals surface area contributed by atoms with E-state index in [2.05, 4.69) is 28.4 Å². The molecule has 78 valence electrons. The number of rotatable bonds is 3. The first-order valence-electron chi connectivity index (χ1n) is 5.16. The molecule has 0 atom stereocenters. The van der Waals surface area contributed by atoms with Gasteiger partial charge >= 0.3 is 0 Å². The molecule has 0 saturated carbocycles. The van der Waals surface area contributed by atoms with Gasteiger partial charge in [-0.2, -0.15) is 0 Å². The zero-order chi connectivity index (χ0) is 10.8. The van der Waals surface area contributed by atoms with E-state index in [1.165, 1.54) is 5.56 Å². The predicted molar refractivity (Wildman–Crippen MR) is 59.1 cm³/mol. The Labute approximate surface area is 88.8 Å². The number of fused-ring (bicyclic) bond motifs is 1. The fourth-order valence-corrected chi connectivity index (χ4v) is 1.80. The van der Waals surface area contributed by atoms with Crippen LogP contribution in [0.5, 0.6) is 0 Å². The summed E-state index contributed by atoms with van der Waals surface area (Å²) in [5.74, 6) is 1.02. The van der Waals surface area contributed by atoms with E-state index in [4.69, 9.17) is 0 Å². The summed E-state index contributed by atoms with van der Waals surface area (Å²) in [6.45, 7) is 4.11. The maximum atomic E-state index is 10.6. The number of aryl methyl sites for hydroxylation is 2. The van der Waals surface area contributed by atoms with Crippen molar-refractivity contribution in [3.8, 4) is 0 Å². The molecule has 0 aliphatic carbocycles. The van der Waals surface area contributed by atoms with E-state index in [1.807, 2.05) is 13.1 Å². The van der Waals surface area contributed by atoms with Gasteiger partial charge in [0, 0.05) is 19.0 Å². The van der Waals surface area contributed by atoms with E-state index in [0.29, 0.717) is 6.42 Å². The zero-order valence-corrected chi connectivity index (χ0v) is 9.03. The third-order valence-corrected chi connectivity index (χ3v) is 2.54. The molecule has 3 heteroatoms. The lowest BCUT2D eigenvalue weighted by Crippen LogP contribution is -1.91. The molecule has 15 heavy (non-hydrogen) atoms. The Morgan fingerprint density at radius 1 is 1.53 bits per heavy atom. The van der Waals surface area contributed by atoms with Gasteiger partial charge in [0.05, 0.1) is 11.2 Å². The van der Waals surface area contributed by atoms with Crippen molar-refractivity contribution in [2.45, 2.75) is 26.7 Å². The van der Waals surface area contributed by atoms with E-state index in [1.54, 1.807) is 0 Å². The summed E-state index contributed by atoms with van der Waals surface area (Å²) in [7, 11) is 0. The number of nitrogens with zero attached hydrogens (tertiary/aromatic N) is 2. The van der Waals surface area contributed by atoms with Crippen LogP contribution in [-0.4, -0.2) is 15.7 Å². The number of hydrogen-bond donors (Lipinski definition) is 0. The largest absolute Gasteiger partial charge is 0.303 e. The van der Waals surface area contributed by atoms with E-state index < -0.39 is 0 Å². The SMILES string of the molecule is CCc1nc(CC=O)c2cc(C)ccn12. The molecule has 0 saturated heterocycles. The Hall–Kier alpha value is -1.64. The van der Waals surface area contributed by atoms with Crippen molar-refractivity contribution < 1.29 is 4.79 Å². The van der Waals surface area contributed by atoms with Gasteiger partial charge in [-0.3, -0.25) is 0 Å². The van der Waals surface area contributed by atoms with Crippen molar-refractivity contribution in [3.63, 3.8) is 0 Å². The molecule has 0 N–H and O–H groups in total. The van der Waals surface area contributed by atoms with Crippen LogP contribution in [0.25, 0.3) is 5.52 Å². The quantitative estimate of drug-likeness (QED) is 0.713. The van der Waals surface area contributed by atoms with Crippen LogP contribution < -0.4 is 0 Å². The number of carbonyl (C=O) groups is 1. The van der Waals surface area contributed by atoms with E-state index in [-0.39, 0.29) is 0 Å². The summed E-state index contributed by atoms with van der Waals surface area (Å²) in [5.41, 5.74) is 3.13. The molecular weight excluding hydrogens is 188 g/mol. The lowest BCUT2D eigenvalue weighted by atomic mass is 10.2. The molecule has 0 spiro atoms. The highest BCUT2D eigenvalue weighted by Crippen LogP contribution is 2.15. The Morgan fingerprint density at radius 3 is 3.00 bits per heavy atom. The normalized spacial score (nSPS) is 10.8. The molecule has 2 aromatic rings. The molecule has 2 rings (SSSR count). The average molecular weight is 202 g/mol. The van der Waals surface area contributed by atoms with Crippen molar-refractivity contribution >= 4 is 11.8 Å². The van der Waals surface area contributed by atoms with Gasteiger partial charge in [0.1, 0.15) is 12.1 Å². The summed E-state index contributed by atoms with van der Waals surface area (Å²) in [5, 5.41) is 0. The van der Waals surface area contributed by atoms with Gasteiger partial charge in [0.15, 0.2) is 0 Å². The molecule has 0 radical (unpaired) electrons. The van der Waals surface area contributed by atoms with Crippen LogP contribution in [0.4, 0.5) is 0 Å². The summed E-state index contributed by atoms with van der Waals surface area (Å²) >= 11 is 0. The van der Waals surface area contributed by atoms with Gasteiger partial charge in [-0.25, -0.2) is 4.98 Å². The minimum Gasteiger partial charge on any atom is -0.303 e. The van der Waals surface area contributed by atoms with Gasteiger partial charge in [-0.15, -0.1) is 0 Å². The van der Waals surface area contributed by atoms with E-state index in [9.17, 15) is 4.79 Å². The number of carbonyl (C=O) groups excluding carboxylic acids is 1. The van der Waals surface area contributed by atoms with Crippen molar-refractivity contribution in [3.05, 3.63) is 35.4 Å². The summed E-state index contributed by atoms with van der Waals surface area (Å²) in [4.78, 5) is 15.0. The highest BCUT2D eigenvalue weighted by molar-refractivity contribution is 5.64. The molecule has 0 amide bonds. The fourth-order valence-electron chi connectivity index (χ4n) is 1.80. The number of hydrogen-bond acceptors (Lipinski definition) is 2. The predicted octanol–water partition coefficient (Wildman–Crippen LogP) is 1.95. The molecule has 0 unspecified atom stereocenters. The lowest BCUT2D eigenvalue weighted by molar-refractivity contribution is -0.107. The maximum absolute atomic E-state index is 10.6. The first kappa shape index (κ1) is 9.90. The topological polar surface area (TPSA) is 34.4 Å². The van der Waals surface area contributed by atoms with Gasteiger partial charge < -0.3 is 9.20 Å². The molecule has 2 heterocycles. The third kappa shape index (κ3) is 1.65. The van der Waals surface area contributed by atoms with Gasteiger partial charge in [-0.05, 0) is 24.6 Å². The van der Waals surface area contributed by atoms with Crippen LogP contribution in [0, 0.1) is 6.92 Å². The molecule has 0 aliphatic heterocycles. The van der Waals surface area contributed by atoms with Gasteiger partial charge in [0.2, 0.25) is 0 Å². The monoisotopic (exact) mass is 202 g/mol. The average Bonchev–Trinajstić information content (AvgIpc) is 2.57. The second kappa shape index (κ2) is 3.85. The van der Waals surface area contributed by atoms with Crippen molar-refractivity contribution in [1.29, 1.82) is 0 Å². The maximum Gasteiger partial charge on any atom is 0.126 e. The number of imidazole rings is 1. The van der Waals surface area contributed by atoms with E-state index in [0.717, 1.165) is 29.7 Å². The smallest absolute Gasteiger partial charge is 0.126 e. The van der Waals surface area contributed by atoms with Crippen LogP contribution >= 0.6 is 0 Å². The van der Waals surface area contributed by atoms with E-state index >= 15 is 0 Å². The molecule has 3 nitrogen and oxygen atoms in total. The van der Waals surface area contributed by atoms with Gasteiger partial charge in [-0.1, -0.05) is 6.92 Å². The van der Waals surface area contributed by atoms with Crippen LogP contribution in [-0.2, 0) is 17.6 Å². The molecule has 2 aromatic heterocycles. The van der Waals surface area contributed by atoms with Crippen LogP contribution in [0.1, 0.15) is 24.0 Å². The molecule has 0 bridgehead atoms. The first-order valence-corrected chi connectivity index (χ1v) is 5.16. The Bertz CT molecular complexity index is 500. The summed E-state index contributed by atoms with van der Waals surface area (Å²) in [6, 6.07) is 4.13. The van der Waals surface area contributed by atoms with Crippen molar-refractivity contribution in [2.24, 2.45) is 0 Å². The third-order valence-electron chi connectivity index (χ3n) is 2.54. The first-order chi connectivity index (χ1) is 7.26. The van der Waals surface area contributed by atoms with Crippen LogP contribution in [0.15, 0.2) is 18.3 Å². The molecule has 0 aromatic carbocycles. The van der Waals surface area contributed by atoms with Crippen LogP contribution in [0.2, 0.25) is 0 Å². The molecule has 0 fully saturated rings. The number of aromatic nitrogens is 2.